The molecular formula is C4H11NO3Pb. The Bertz CT molecular complexity index is 92.0. The standard InChI is InChI=1S/C4H6O3.H3N.Pb.2H/c1-3(5)7-4(2)6;;;;/h1-2H3;1H3;;;. The molecule has 0 aromatic heterocycles. The van der Waals surface area contributed by atoms with E-state index in [-0.39, 0.29) is 33.4 Å². The van der Waals surface area contributed by atoms with E-state index in [1.807, 2.05) is 0 Å². The number of carbonyl (C=O) groups excluding carboxylic acids is 2. The fourth-order valence-electron chi connectivity index (χ4n) is 0.202. The molecule has 0 heterocycles. The average Bonchev–Trinajstić information content (AvgIpc) is 1.27. The molecule has 0 aromatic carbocycles. The molecule has 9 heavy (non-hydrogen) atoms. The van der Waals surface area contributed by atoms with Gasteiger partial charge in [-0.15, -0.1) is 0 Å². The molecule has 0 spiro atoms. The van der Waals surface area contributed by atoms with Gasteiger partial charge in [-0.3, -0.25) is 9.59 Å². The molecule has 0 atom stereocenters. The Labute approximate surface area is 73.7 Å². The molecule has 0 bridgehead atoms. The third-order valence-electron chi connectivity index (χ3n) is 0.287. The second-order valence-electron chi connectivity index (χ2n) is 1.09. The Kier molecular flexibility index (Phi) is 14.3. The molecule has 0 unspecified atom stereocenters. The first kappa shape index (κ1) is 16.0. The van der Waals surface area contributed by atoms with Crippen molar-refractivity contribution >= 4 is 39.2 Å². The van der Waals surface area contributed by atoms with Gasteiger partial charge >= 0.3 is 39.2 Å². The van der Waals surface area contributed by atoms with Crippen molar-refractivity contribution in [3.05, 3.63) is 0 Å². The Balaban J connectivity index is -0.000000180. The predicted octanol–water partition coefficient (Wildman–Crippen LogP) is -0.658. The van der Waals surface area contributed by atoms with E-state index < -0.39 is 11.9 Å². The van der Waals surface area contributed by atoms with Crippen LogP contribution in [-0.4, -0.2) is 39.2 Å². The summed E-state index contributed by atoms with van der Waals surface area (Å²) in [6.45, 7) is 2.36. The van der Waals surface area contributed by atoms with E-state index in [1.54, 1.807) is 0 Å². The second kappa shape index (κ2) is 8.02. The number of ether oxygens (including phenoxy) is 1. The summed E-state index contributed by atoms with van der Waals surface area (Å²) in [7, 11) is 0. The molecule has 2 radical (unpaired) electrons. The molecule has 54 valence electrons. The first-order valence-electron chi connectivity index (χ1n) is 1.82. The van der Waals surface area contributed by atoms with Crippen molar-refractivity contribution in [2.24, 2.45) is 0 Å². The maximum atomic E-state index is 9.81. The number of rotatable bonds is 0. The summed E-state index contributed by atoms with van der Waals surface area (Å²) in [5.41, 5.74) is 0. The van der Waals surface area contributed by atoms with Crippen LogP contribution in [0.3, 0.4) is 0 Å². The van der Waals surface area contributed by atoms with Crippen molar-refractivity contribution in [1.29, 1.82) is 0 Å². The minimum atomic E-state index is -0.562. The van der Waals surface area contributed by atoms with Crippen molar-refractivity contribution in [3.63, 3.8) is 0 Å². The molecule has 4 nitrogen and oxygen atoms in total. The van der Waals surface area contributed by atoms with Crippen LogP contribution in [0.4, 0.5) is 0 Å². The first-order chi connectivity index (χ1) is 3.13. The average molecular weight is 328 g/mol. The number of esters is 2. The number of hydrogen-bond acceptors (Lipinski definition) is 4. The van der Waals surface area contributed by atoms with Crippen LogP contribution in [0.1, 0.15) is 13.8 Å². The number of carbonyl (C=O) groups is 2. The third-order valence-corrected chi connectivity index (χ3v) is 0.287. The van der Waals surface area contributed by atoms with Crippen LogP contribution in [0.5, 0.6) is 0 Å². The molecule has 0 saturated heterocycles. The van der Waals surface area contributed by atoms with Crippen LogP contribution < -0.4 is 6.15 Å². The monoisotopic (exact) mass is 329 g/mol. The molecule has 0 amide bonds. The maximum absolute atomic E-state index is 9.81. The van der Waals surface area contributed by atoms with Crippen LogP contribution in [0.15, 0.2) is 0 Å². The van der Waals surface area contributed by atoms with Crippen molar-refractivity contribution in [3.8, 4) is 0 Å². The summed E-state index contributed by atoms with van der Waals surface area (Å²) in [6, 6.07) is 0. The molecule has 0 fully saturated rings. The Morgan fingerprint density at radius 1 is 1.11 bits per heavy atom. The fraction of sp³-hybridized carbons (Fsp3) is 0.500. The van der Waals surface area contributed by atoms with Gasteiger partial charge in [-0.2, -0.15) is 0 Å². The van der Waals surface area contributed by atoms with Crippen LogP contribution in [-0.2, 0) is 14.3 Å². The number of hydrogen-bond donors (Lipinski definition) is 1. The van der Waals surface area contributed by atoms with E-state index in [0.717, 1.165) is 0 Å². The molecule has 0 aliphatic carbocycles. The summed E-state index contributed by atoms with van der Waals surface area (Å²) in [6.07, 6.45) is 0. The molecule has 0 aliphatic heterocycles. The predicted molar refractivity (Wildman–Crippen MR) is 36.0 cm³/mol. The molecule has 0 saturated carbocycles. The van der Waals surface area contributed by atoms with Gasteiger partial charge < -0.3 is 10.9 Å². The first-order valence-corrected chi connectivity index (χ1v) is 1.82. The Hall–Kier alpha value is 0.0221. The fourth-order valence-corrected chi connectivity index (χ4v) is 0.202. The van der Waals surface area contributed by atoms with Gasteiger partial charge in [0, 0.05) is 13.8 Å². The van der Waals surface area contributed by atoms with Crippen molar-refractivity contribution in [2.45, 2.75) is 13.8 Å². The SMILES string of the molecule is CC(=O)OC(C)=O.N.[PbH2]. The molecular weight excluding hydrogens is 317 g/mol. The van der Waals surface area contributed by atoms with Crippen LogP contribution in [0.2, 0.25) is 0 Å². The summed E-state index contributed by atoms with van der Waals surface area (Å²) in [4.78, 5) is 19.6. The van der Waals surface area contributed by atoms with E-state index in [0.29, 0.717) is 0 Å². The summed E-state index contributed by atoms with van der Waals surface area (Å²) in [5.74, 6) is -1.12. The van der Waals surface area contributed by atoms with Crippen molar-refractivity contribution < 1.29 is 14.3 Å². The van der Waals surface area contributed by atoms with Crippen LogP contribution >= 0.6 is 0 Å². The molecule has 5 heteroatoms. The second-order valence-corrected chi connectivity index (χ2v) is 1.09. The molecule has 0 rings (SSSR count). The summed E-state index contributed by atoms with van der Waals surface area (Å²) >= 11 is 0. The molecule has 0 aromatic rings. The zero-order valence-corrected chi connectivity index (χ0v) is 11.1. The van der Waals surface area contributed by atoms with Crippen LogP contribution in [0, 0.1) is 0 Å². The van der Waals surface area contributed by atoms with E-state index in [1.165, 1.54) is 13.8 Å². The quantitative estimate of drug-likeness (QED) is 0.364. The van der Waals surface area contributed by atoms with Gasteiger partial charge in [0.2, 0.25) is 0 Å². The third kappa shape index (κ3) is 18.0. The van der Waals surface area contributed by atoms with E-state index in [9.17, 15) is 9.59 Å². The topological polar surface area (TPSA) is 78.4 Å². The van der Waals surface area contributed by atoms with Crippen molar-refractivity contribution in [2.75, 3.05) is 0 Å². The van der Waals surface area contributed by atoms with Gasteiger partial charge in [0.05, 0.1) is 0 Å². The van der Waals surface area contributed by atoms with Gasteiger partial charge in [-0.25, -0.2) is 0 Å². The zero-order chi connectivity index (χ0) is 5.86. The van der Waals surface area contributed by atoms with Crippen LogP contribution in [0.25, 0.3) is 0 Å². The van der Waals surface area contributed by atoms with Crippen molar-refractivity contribution in [1.82, 2.24) is 6.15 Å². The van der Waals surface area contributed by atoms with Gasteiger partial charge in [-0.05, 0) is 0 Å². The normalized spacial score (nSPS) is 6.00. The van der Waals surface area contributed by atoms with E-state index in [4.69, 9.17) is 0 Å². The van der Waals surface area contributed by atoms with Gasteiger partial charge in [-0.1, -0.05) is 0 Å². The van der Waals surface area contributed by atoms with E-state index in [2.05, 4.69) is 4.74 Å². The van der Waals surface area contributed by atoms with Gasteiger partial charge in [0.25, 0.3) is 0 Å². The Morgan fingerprint density at radius 2 is 1.33 bits per heavy atom. The summed E-state index contributed by atoms with van der Waals surface area (Å²) < 4.78 is 3.97. The summed E-state index contributed by atoms with van der Waals surface area (Å²) in [5, 5.41) is 0. The van der Waals surface area contributed by atoms with Gasteiger partial charge in [0.15, 0.2) is 0 Å². The Morgan fingerprint density at radius 3 is 1.33 bits per heavy atom. The van der Waals surface area contributed by atoms with E-state index >= 15 is 0 Å². The molecule has 3 N–H and O–H groups in total. The van der Waals surface area contributed by atoms with Gasteiger partial charge in [0.1, 0.15) is 0 Å². The molecule has 0 aliphatic rings. The minimum absolute atomic E-state index is 0. The zero-order valence-electron chi connectivity index (χ0n) is 5.64.